The summed E-state index contributed by atoms with van der Waals surface area (Å²) in [4.78, 5) is 10.4. The topological polar surface area (TPSA) is 29.5 Å². The van der Waals surface area contributed by atoms with Crippen LogP contribution in [0.1, 0.15) is 95.5 Å². The van der Waals surface area contributed by atoms with E-state index in [9.17, 15) is 4.89 Å². The first kappa shape index (κ1) is 20.9. The lowest BCUT2D eigenvalue weighted by molar-refractivity contribution is 0.131. The van der Waals surface area contributed by atoms with Gasteiger partial charge in [-0.3, -0.25) is 0 Å². The molecule has 1 fully saturated rings. The Balaban J connectivity index is 1.64. The van der Waals surface area contributed by atoms with Crippen LogP contribution in [-0.2, 0) is 4.52 Å². The van der Waals surface area contributed by atoms with E-state index in [2.05, 4.69) is 37.3 Å². The van der Waals surface area contributed by atoms with Gasteiger partial charge < -0.3 is 9.42 Å². The molecular formula is C22H37O2P. The zero-order valence-corrected chi connectivity index (χ0v) is 16.9. The minimum Gasteiger partial charge on any atom is -0.350 e. The van der Waals surface area contributed by atoms with Gasteiger partial charge in [0.25, 0.3) is 0 Å². The van der Waals surface area contributed by atoms with E-state index in [1.807, 2.05) is 0 Å². The first-order valence-electron chi connectivity index (χ1n) is 10.5. The van der Waals surface area contributed by atoms with E-state index in [1.54, 1.807) is 0 Å². The van der Waals surface area contributed by atoms with E-state index in [4.69, 9.17) is 4.52 Å². The summed E-state index contributed by atoms with van der Waals surface area (Å²) in [5, 5.41) is 0. The molecule has 142 valence electrons. The maximum absolute atomic E-state index is 10.4. The van der Waals surface area contributed by atoms with Crippen molar-refractivity contribution in [1.29, 1.82) is 0 Å². The molecule has 1 aliphatic rings. The third-order valence-corrected chi connectivity index (χ3v) is 6.60. The van der Waals surface area contributed by atoms with Crippen LogP contribution in [-0.4, -0.2) is 17.2 Å². The normalized spacial score (nSPS) is 22.0. The van der Waals surface area contributed by atoms with Gasteiger partial charge in [-0.1, -0.05) is 95.0 Å². The van der Waals surface area contributed by atoms with Crippen LogP contribution in [0.2, 0.25) is 0 Å². The Morgan fingerprint density at radius 1 is 0.920 bits per heavy atom. The quantitative estimate of drug-likeness (QED) is 0.314. The monoisotopic (exact) mass is 364 g/mol. The Bertz CT molecular complexity index is 437. The van der Waals surface area contributed by atoms with Crippen molar-refractivity contribution in [3.8, 4) is 0 Å². The summed E-state index contributed by atoms with van der Waals surface area (Å²) in [6.07, 6.45) is 16.3. The maximum atomic E-state index is 10.4. The zero-order valence-electron chi connectivity index (χ0n) is 16.0. The second-order valence-corrected chi connectivity index (χ2v) is 8.86. The van der Waals surface area contributed by atoms with E-state index >= 15 is 0 Å². The summed E-state index contributed by atoms with van der Waals surface area (Å²) >= 11 is 0. The lowest BCUT2D eigenvalue weighted by Gasteiger charge is -2.33. The fourth-order valence-electron chi connectivity index (χ4n) is 3.89. The van der Waals surface area contributed by atoms with E-state index in [1.165, 1.54) is 69.8 Å². The highest BCUT2D eigenvalue weighted by Gasteiger charge is 2.29. The molecule has 0 aromatic heterocycles. The average Bonchev–Trinajstić information content (AvgIpc) is 2.65. The number of benzene rings is 1. The Morgan fingerprint density at radius 3 is 2.28 bits per heavy atom. The van der Waals surface area contributed by atoms with Gasteiger partial charge in [-0.15, -0.1) is 0 Å². The first-order valence-corrected chi connectivity index (χ1v) is 11.9. The Labute approximate surface area is 156 Å². The van der Waals surface area contributed by atoms with Gasteiger partial charge in [-0.25, -0.2) is 0 Å². The first-order chi connectivity index (χ1) is 12.3. The van der Waals surface area contributed by atoms with Gasteiger partial charge >= 0.3 is 0 Å². The molecule has 1 unspecified atom stereocenters. The predicted octanol–water partition coefficient (Wildman–Crippen LogP) is 7.17. The molecule has 0 heterocycles. The summed E-state index contributed by atoms with van der Waals surface area (Å²) in [6, 6.07) is 10.7. The minimum absolute atomic E-state index is 0.210. The van der Waals surface area contributed by atoms with Gasteiger partial charge in [-0.05, 0) is 24.8 Å². The number of hydrogen-bond donors (Lipinski definition) is 1. The van der Waals surface area contributed by atoms with Crippen LogP contribution in [0.15, 0.2) is 30.3 Å². The van der Waals surface area contributed by atoms with Crippen molar-refractivity contribution >= 4 is 8.38 Å². The largest absolute Gasteiger partial charge is 0.350 e. The van der Waals surface area contributed by atoms with Crippen LogP contribution in [0.4, 0.5) is 0 Å². The Kier molecular flexibility index (Phi) is 10.7. The van der Waals surface area contributed by atoms with Gasteiger partial charge in [0.2, 0.25) is 0 Å². The van der Waals surface area contributed by atoms with E-state index in [0.29, 0.717) is 5.92 Å². The van der Waals surface area contributed by atoms with Crippen LogP contribution in [0.25, 0.3) is 0 Å². The molecule has 0 spiro atoms. The number of rotatable bonds is 12. The Hall–Kier alpha value is -0.430. The SMILES string of the molecule is CCCCCCCCCCP(O)O[C@@H]1CCCC[C@H]1c1ccccc1. The lowest BCUT2D eigenvalue weighted by atomic mass is 9.82. The van der Waals surface area contributed by atoms with Gasteiger partial charge in [-0.2, -0.15) is 0 Å². The molecule has 25 heavy (non-hydrogen) atoms. The second-order valence-electron chi connectivity index (χ2n) is 7.50. The van der Waals surface area contributed by atoms with E-state index in [0.717, 1.165) is 19.0 Å². The third kappa shape index (κ3) is 8.20. The molecule has 0 bridgehead atoms. The standard InChI is InChI=1S/C22H37O2P/c1-2-3-4-5-6-7-8-14-19-25(23)24-22-18-13-12-17-21(22)20-15-10-9-11-16-20/h9-11,15-16,21-23H,2-8,12-14,17-19H2,1H3/t21-,22+,25?/m0/s1. The van der Waals surface area contributed by atoms with Crippen molar-refractivity contribution in [1.82, 2.24) is 0 Å². The third-order valence-electron chi connectivity index (χ3n) is 5.39. The van der Waals surface area contributed by atoms with E-state index < -0.39 is 8.38 Å². The highest BCUT2D eigenvalue weighted by Crippen LogP contribution is 2.43. The fraction of sp³-hybridized carbons (Fsp3) is 0.727. The number of hydrogen-bond acceptors (Lipinski definition) is 2. The average molecular weight is 365 g/mol. The van der Waals surface area contributed by atoms with Crippen LogP contribution in [0, 0.1) is 0 Å². The fourth-order valence-corrected chi connectivity index (χ4v) is 5.06. The zero-order chi connectivity index (χ0) is 17.7. The van der Waals surface area contributed by atoms with Gasteiger partial charge in [0.15, 0.2) is 8.38 Å². The molecule has 1 saturated carbocycles. The highest BCUT2D eigenvalue weighted by molar-refractivity contribution is 7.46. The molecule has 1 aromatic carbocycles. The van der Waals surface area contributed by atoms with Crippen molar-refractivity contribution in [3.63, 3.8) is 0 Å². The number of unbranched alkanes of at least 4 members (excludes halogenated alkanes) is 7. The van der Waals surface area contributed by atoms with Crippen LogP contribution in [0.5, 0.6) is 0 Å². The Morgan fingerprint density at radius 2 is 1.56 bits per heavy atom. The highest BCUT2D eigenvalue weighted by atomic mass is 31.2. The van der Waals surface area contributed by atoms with Crippen molar-refractivity contribution in [3.05, 3.63) is 35.9 Å². The molecule has 3 atom stereocenters. The molecule has 0 saturated heterocycles. The molecule has 0 radical (unpaired) electrons. The van der Waals surface area contributed by atoms with Crippen LogP contribution >= 0.6 is 8.38 Å². The van der Waals surface area contributed by atoms with Gasteiger partial charge in [0.1, 0.15) is 0 Å². The van der Waals surface area contributed by atoms with Gasteiger partial charge in [0, 0.05) is 12.1 Å². The van der Waals surface area contributed by atoms with Crippen molar-refractivity contribution in [2.45, 2.75) is 96.0 Å². The van der Waals surface area contributed by atoms with E-state index in [-0.39, 0.29) is 6.10 Å². The predicted molar refractivity (Wildman–Crippen MR) is 109 cm³/mol. The molecule has 0 amide bonds. The van der Waals surface area contributed by atoms with Crippen molar-refractivity contribution < 1.29 is 9.42 Å². The van der Waals surface area contributed by atoms with Crippen LogP contribution in [0.3, 0.4) is 0 Å². The summed E-state index contributed by atoms with van der Waals surface area (Å²) < 4.78 is 6.14. The van der Waals surface area contributed by atoms with Crippen molar-refractivity contribution in [2.75, 3.05) is 6.16 Å². The molecule has 0 aliphatic heterocycles. The van der Waals surface area contributed by atoms with Gasteiger partial charge in [0.05, 0.1) is 6.10 Å². The molecular weight excluding hydrogens is 327 g/mol. The summed E-state index contributed by atoms with van der Waals surface area (Å²) in [5.74, 6) is 0.464. The summed E-state index contributed by atoms with van der Waals surface area (Å²) in [7, 11) is -1.25. The molecule has 1 aromatic rings. The molecule has 2 rings (SSSR count). The second kappa shape index (κ2) is 12.8. The molecule has 2 nitrogen and oxygen atoms in total. The lowest BCUT2D eigenvalue weighted by Crippen LogP contribution is -2.24. The van der Waals surface area contributed by atoms with Crippen molar-refractivity contribution in [2.24, 2.45) is 0 Å². The summed E-state index contributed by atoms with van der Waals surface area (Å²) in [6.45, 7) is 2.26. The van der Waals surface area contributed by atoms with Crippen LogP contribution < -0.4 is 0 Å². The molecule has 1 aliphatic carbocycles. The maximum Gasteiger partial charge on any atom is 0.167 e. The smallest absolute Gasteiger partial charge is 0.167 e. The molecule has 1 N–H and O–H groups in total. The molecule has 3 heteroatoms. The summed E-state index contributed by atoms with van der Waals surface area (Å²) in [5.41, 5.74) is 1.38. The minimum atomic E-state index is -1.25.